The number of hydrogen-bond acceptors (Lipinski definition) is 4. The van der Waals surface area contributed by atoms with Gasteiger partial charge in [0.15, 0.2) is 0 Å². The summed E-state index contributed by atoms with van der Waals surface area (Å²) in [6.07, 6.45) is 0. The van der Waals surface area contributed by atoms with Crippen LogP contribution >= 0.6 is 24.2 Å². The first-order valence-corrected chi connectivity index (χ1v) is 11.0. The zero-order valence-corrected chi connectivity index (χ0v) is 19.1. The van der Waals surface area contributed by atoms with E-state index in [1.807, 2.05) is 30.3 Å². The lowest BCUT2D eigenvalue weighted by Gasteiger charge is -2.25. The van der Waals surface area contributed by atoms with Crippen molar-refractivity contribution in [3.8, 4) is 0 Å². The SMILES string of the molecule is Cl.N[C@H]1CSc2cc(F)c(C(=O)NCc3ccccc3)cc2N(Cc2ccc(F)cc2)C1=O. The number of benzene rings is 3. The van der Waals surface area contributed by atoms with Gasteiger partial charge in [-0.15, -0.1) is 24.2 Å². The Labute approximate surface area is 200 Å². The van der Waals surface area contributed by atoms with Crippen molar-refractivity contribution >= 4 is 41.7 Å². The number of nitrogens with two attached hydrogens (primary N) is 1. The van der Waals surface area contributed by atoms with Crippen LogP contribution in [0.1, 0.15) is 21.5 Å². The molecule has 9 heteroatoms. The number of halogens is 3. The van der Waals surface area contributed by atoms with Gasteiger partial charge in [0.05, 0.1) is 23.8 Å². The van der Waals surface area contributed by atoms with Crippen molar-refractivity contribution in [3.63, 3.8) is 0 Å². The van der Waals surface area contributed by atoms with Crippen LogP contribution in [0.15, 0.2) is 71.6 Å². The molecule has 3 N–H and O–H groups in total. The van der Waals surface area contributed by atoms with Crippen molar-refractivity contribution in [1.29, 1.82) is 0 Å². The van der Waals surface area contributed by atoms with E-state index in [9.17, 15) is 18.4 Å². The van der Waals surface area contributed by atoms with Crippen LogP contribution < -0.4 is 16.0 Å². The highest BCUT2D eigenvalue weighted by Gasteiger charge is 2.30. The Balaban J connectivity index is 0.00000306. The maximum atomic E-state index is 14.8. The summed E-state index contributed by atoms with van der Waals surface area (Å²) in [6, 6.07) is 16.9. The van der Waals surface area contributed by atoms with E-state index in [0.29, 0.717) is 16.1 Å². The second kappa shape index (κ2) is 10.8. The van der Waals surface area contributed by atoms with Crippen molar-refractivity contribution in [2.24, 2.45) is 5.73 Å². The summed E-state index contributed by atoms with van der Waals surface area (Å²) >= 11 is 1.26. The van der Waals surface area contributed by atoms with Crippen molar-refractivity contribution in [2.75, 3.05) is 10.7 Å². The van der Waals surface area contributed by atoms with Gasteiger partial charge in [0.25, 0.3) is 5.91 Å². The standard InChI is InChI=1S/C24H21F2N3O2S.ClH/c25-17-8-6-16(7-9-17)13-29-21-10-18(23(30)28-12-15-4-2-1-3-5-15)19(26)11-22(21)32-14-20(27)24(29)31;/h1-11,20H,12-14,27H2,(H,28,30);1H/t20-;/m0./s1. The van der Waals surface area contributed by atoms with E-state index >= 15 is 0 Å². The van der Waals surface area contributed by atoms with E-state index < -0.39 is 17.8 Å². The van der Waals surface area contributed by atoms with Gasteiger partial charge in [-0.25, -0.2) is 8.78 Å². The minimum absolute atomic E-state index is 0. The Morgan fingerprint density at radius 3 is 2.45 bits per heavy atom. The fourth-order valence-electron chi connectivity index (χ4n) is 3.42. The van der Waals surface area contributed by atoms with E-state index in [-0.39, 0.29) is 48.5 Å². The van der Waals surface area contributed by atoms with E-state index in [2.05, 4.69) is 5.32 Å². The van der Waals surface area contributed by atoms with Crippen LogP contribution in [0.3, 0.4) is 0 Å². The fraction of sp³-hybridized carbons (Fsp3) is 0.167. The Bertz CT molecular complexity index is 1150. The molecule has 172 valence electrons. The molecule has 1 heterocycles. The first-order valence-electron chi connectivity index (χ1n) is 10.0. The molecular weight excluding hydrogens is 468 g/mol. The number of carbonyl (C=O) groups is 2. The summed E-state index contributed by atoms with van der Waals surface area (Å²) in [5.74, 6) is -1.70. The smallest absolute Gasteiger partial charge is 0.254 e. The molecule has 1 aliphatic heterocycles. The number of hydrogen-bond donors (Lipinski definition) is 2. The van der Waals surface area contributed by atoms with Crippen LogP contribution in [-0.2, 0) is 17.9 Å². The van der Waals surface area contributed by atoms with Crippen LogP contribution in [0.2, 0.25) is 0 Å². The van der Waals surface area contributed by atoms with Crippen molar-refractivity contribution in [2.45, 2.75) is 24.0 Å². The van der Waals surface area contributed by atoms with Crippen LogP contribution in [-0.4, -0.2) is 23.6 Å². The van der Waals surface area contributed by atoms with E-state index in [4.69, 9.17) is 5.73 Å². The van der Waals surface area contributed by atoms with Gasteiger partial charge in [-0.1, -0.05) is 42.5 Å². The number of amides is 2. The Kier molecular flexibility index (Phi) is 8.07. The summed E-state index contributed by atoms with van der Waals surface area (Å²) < 4.78 is 28.1. The summed E-state index contributed by atoms with van der Waals surface area (Å²) in [6.45, 7) is 0.366. The Morgan fingerprint density at radius 2 is 1.76 bits per heavy atom. The summed E-state index contributed by atoms with van der Waals surface area (Å²) in [5, 5.41) is 2.71. The van der Waals surface area contributed by atoms with E-state index in [1.54, 1.807) is 12.1 Å². The third kappa shape index (κ3) is 5.71. The molecule has 0 saturated heterocycles. The van der Waals surface area contributed by atoms with Gasteiger partial charge < -0.3 is 16.0 Å². The molecule has 0 fully saturated rings. The van der Waals surface area contributed by atoms with Gasteiger partial charge in [-0.2, -0.15) is 0 Å². The topological polar surface area (TPSA) is 75.4 Å². The number of carbonyl (C=O) groups excluding carboxylic acids is 2. The van der Waals surface area contributed by atoms with Crippen molar-refractivity contribution in [1.82, 2.24) is 5.32 Å². The number of anilines is 1. The molecule has 33 heavy (non-hydrogen) atoms. The molecule has 3 aromatic carbocycles. The Hall–Kier alpha value is -2.94. The summed E-state index contributed by atoms with van der Waals surface area (Å²) in [7, 11) is 0. The van der Waals surface area contributed by atoms with Gasteiger partial charge in [0, 0.05) is 17.2 Å². The van der Waals surface area contributed by atoms with Crippen molar-refractivity contribution in [3.05, 3.63) is 95.1 Å². The normalized spacial score (nSPS) is 15.3. The number of nitrogens with zero attached hydrogens (tertiary/aromatic N) is 1. The van der Waals surface area contributed by atoms with Crippen LogP contribution in [0, 0.1) is 11.6 Å². The molecular formula is C24H22ClF2N3O2S. The average Bonchev–Trinajstić information content (AvgIpc) is 2.91. The lowest BCUT2D eigenvalue weighted by atomic mass is 10.1. The zero-order valence-electron chi connectivity index (χ0n) is 17.5. The molecule has 3 aromatic rings. The van der Waals surface area contributed by atoms with Crippen LogP contribution in [0.25, 0.3) is 0 Å². The first kappa shape index (κ1) is 24.7. The quantitative estimate of drug-likeness (QED) is 0.561. The minimum atomic E-state index is -0.786. The molecule has 5 nitrogen and oxygen atoms in total. The fourth-order valence-corrected chi connectivity index (χ4v) is 4.43. The predicted octanol–water partition coefficient (Wildman–Crippen LogP) is 4.28. The maximum Gasteiger partial charge on any atom is 0.254 e. The third-order valence-electron chi connectivity index (χ3n) is 5.14. The number of nitrogens with one attached hydrogen (secondary N) is 1. The highest BCUT2D eigenvalue weighted by molar-refractivity contribution is 7.99. The minimum Gasteiger partial charge on any atom is -0.348 e. The summed E-state index contributed by atoms with van der Waals surface area (Å²) in [5.41, 5.74) is 7.84. The molecule has 4 rings (SSSR count). The molecule has 0 aliphatic carbocycles. The maximum absolute atomic E-state index is 14.8. The Morgan fingerprint density at radius 1 is 1.06 bits per heavy atom. The number of fused-ring (bicyclic) bond motifs is 1. The van der Waals surface area contributed by atoms with Gasteiger partial charge in [-0.3, -0.25) is 9.59 Å². The second-order valence-electron chi connectivity index (χ2n) is 7.44. The zero-order chi connectivity index (χ0) is 22.7. The van der Waals surface area contributed by atoms with Gasteiger partial charge in [0.2, 0.25) is 5.91 Å². The number of rotatable bonds is 5. The average molecular weight is 490 g/mol. The van der Waals surface area contributed by atoms with Crippen molar-refractivity contribution < 1.29 is 18.4 Å². The highest BCUT2D eigenvalue weighted by atomic mass is 35.5. The van der Waals surface area contributed by atoms with Crippen LogP contribution in [0.5, 0.6) is 0 Å². The van der Waals surface area contributed by atoms with Gasteiger partial charge >= 0.3 is 0 Å². The lowest BCUT2D eigenvalue weighted by Crippen LogP contribution is -2.44. The monoisotopic (exact) mass is 489 g/mol. The molecule has 1 aliphatic rings. The largest absolute Gasteiger partial charge is 0.348 e. The third-order valence-corrected chi connectivity index (χ3v) is 6.30. The highest BCUT2D eigenvalue weighted by Crippen LogP contribution is 2.37. The molecule has 0 saturated carbocycles. The molecule has 0 radical (unpaired) electrons. The molecule has 0 spiro atoms. The molecule has 1 atom stereocenters. The summed E-state index contributed by atoms with van der Waals surface area (Å²) in [4.78, 5) is 27.7. The first-order chi connectivity index (χ1) is 15.4. The van der Waals surface area contributed by atoms with E-state index in [0.717, 1.165) is 5.56 Å². The number of thioether (sulfide) groups is 1. The lowest BCUT2D eigenvalue weighted by molar-refractivity contribution is -0.119. The molecule has 0 bridgehead atoms. The van der Waals surface area contributed by atoms with Gasteiger partial charge in [-0.05, 0) is 35.4 Å². The van der Waals surface area contributed by atoms with E-state index in [1.165, 1.54) is 40.9 Å². The van der Waals surface area contributed by atoms with Gasteiger partial charge in [0.1, 0.15) is 11.6 Å². The molecule has 0 aromatic heterocycles. The molecule has 2 amide bonds. The second-order valence-corrected chi connectivity index (χ2v) is 8.50. The molecule has 0 unspecified atom stereocenters. The predicted molar refractivity (Wildman–Crippen MR) is 128 cm³/mol. The van der Waals surface area contributed by atoms with Crippen LogP contribution in [0.4, 0.5) is 14.5 Å².